The molecular formula is C24H29Cl2NO3. The Balaban J connectivity index is 0.00000320. The van der Waals surface area contributed by atoms with E-state index in [1.165, 1.54) is 17.2 Å². The number of fused-ring (bicyclic) bond motifs is 1. The first-order chi connectivity index (χ1) is 14.0. The van der Waals surface area contributed by atoms with Crippen LogP contribution in [0.2, 0.25) is 5.02 Å². The molecule has 0 radical (unpaired) electrons. The van der Waals surface area contributed by atoms with E-state index in [-0.39, 0.29) is 18.4 Å². The van der Waals surface area contributed by atoms with Gasteiger partial charge in [0.25, 0.3) is 0 Å². The number of halogens is 2. The number of esters is 1. The normalized spacial score (nSPS) is 16.6. The van der Waals surface area contributed by atoms with E-state index in [4.69, 9.17) is 16.3 Å². The lowest BCUT2D eigenvalue weighted by Gasteiger charge is -2.26. The van der Waals surface area contributed by atoms with Crippen molar-refractivity contribution in [1.29, 1.82) is 0 Å². The maximum Gasteiger partial charge on any atom is 0.330 e. The first-order valence-corrected chi connectivity index (χ1v) is 10.5. The zero-order chi connectivity index (χ0) is 20.6. The molecule has 30 heavy (non-hydrogen) atoms. The maximum atomic E-state index is 11.5. The number of carbonyl (C=O) groups is 1. The average Bonchev–Trinajstić information content (AvgIpc) is 2.72. The summed E-state index contributed by atoms with van der Waals surface area (Å²) >= 11 is 6.00. The van der Waals surface area contributed by atoms with E-state index in [1.54, 1.807) is 19.1 Å². The van der Waals surface area contributed by atoms with Gasteiger partial charge in [0.05, 0.1) is 12.7 Å². The number of aliphatic hydroxyl groups is 1. The van der Waals surface area contributed by atoms with Crippen LogP contribution in [0.5, 0.6) is 0 Å². The molecule has 4 nitrogen and oxygen atoms in total. The van der Waals surface area contributed by atoms with Crippen molar-refractivity contribution in [3.63, 3.8) is 0 Å². The van der Waals surface area contributed by atoms with Gasteiger partial charge in [0.15, 0.2) is 0 Å². The highest BCUT2D eigenvalue weighted by Gasteiger charge is 2.19. The van der Waals surface area contributed by atoms with Crippen molar-refractivity contribution in [2.75, 3.05) is 19.7 Å². The molecule has 3 rings (SSSR count). The van der Waals surface area contributed by atoms with Gasteiger partial charge in [0.2, 0.25) is 0 Å². The zero-order valence-corrected chi connectivity index (χ0v) is 18.7. The maximum absolute atomic E-state index is 11.5. The number of aliphatic hydroxyl groups excluding tert-OH is 1. The van der Waals surface area contributed by atoms with Gasteiger partial charge in [-0.1, -0.05) is 41.9 Å². The van der Waals surface area contributed by atoms with Crippen LogP contribution >= 0.6 is 24.0 Å². The minimum atomic E-state index is -0.566. The van der Waals surface area contributed by atoms with Crippen molar-refractivity contribution in [3.8, 4) is 0 Å². The van der Waals surface area contributed by atoms with Gasteiger partial charge in [0.1, 0.15) is 0 Å². The molecule has 162 valence electrons. The highest BCUT2D eigenvalue weighted by molar-refractivity contribution is 6.30. The van der Waals surface area contributed by atoms with E-state index in [0.29, 0.717) is 24.1 Å². The number of nitrogens with one attached hydrogen (secondary N) is 1. The summed E-state index contributed by atoms with van der Waals surface area (Å²) < 4.78 is 4.93. The smallest absolute Gasteiger partial charge is 0.330 e. The van der Waals surface area contributed by atoms with Crippen LogP contribution < -0.4 is 5.32 Å². The lowest BCUT2D eigenvalue weighted by molar-refractivity contribution is -0.137. The quantitative estimate of drug-likeness (QED) is 0.450. The lowest BCUT2D eigenvalue weighted by atomic mass is 9.83. The van der Waals surface area contributed by atoms with E-state index in [1.807, 2.05) is 18.2 Å². The predicted molar refractivity (Wildman–Crippen MR) is 124 cm³/mol. The third-order valence-electron chi connectivity index (χ3n) is 5.26. The third kappa shape index (κ3) is 7.13. The topological polar surface area (TPSA) is 58.6 Å². The zero-order valence-electron chi connectivity index (χ0n) is 17.1. The summed E-state index contributed by atoms with van der Waals surface area (Å²) in [7, 11) is 0. The third-order valence-corrected chi connectivity index (χ3v) is 5.50. The van der Waals surface area contributed by atoms with Crippen LogP contribution in [0.4, 0.5) is 0 Å². The largest absolute Gasteiger partial charge is 0.463 e. The summed E-state index contributed by atoms with van der Waals surface area (Å²) in [5.74, 6) is 0.212. The molecule has 0 bridgehead atoms. The number of rotatable bonds is 8. The number of carbonyl (C=O) groups excluding carboxylic acids is 1. The molecule has 0 heterocycles. The van der Waals surface area contributed by atoms with Crippen LogP contribution in [0.3, 0.4) is 0 Å². The number of hydrogen-bond acceptors (Lipinski definition) is 4. The summed E-state index contributed by atoms with van der Waals surface area (Å²) in [6.07, 6.45) is 5.90. The number of aryl methyl sites for hydroxylation is 1. The molecule has 1 aliphatic carbocycles. The predicted octanol–water partition coefficient (Wildman–Crippen LogP) is 4.77. The second kappa shape index (κ2) is 12.1. The Morgan fingerprint density at radius 2 is 2.13 bits per heavy atom. The summed E-state index contributed by atoms with van der Waals surface area (Å²) in [6, 6.07) is 13.7. The van der Waals surface area contributed by atoms with Gasteiger partial charge in [-0.2, -0.15) is 0 Å². The monoisotopic (exact) mass is 449 g/mol. The fourth-order valence-electron chi connectivity index (χ4n) is 3.74. The number of benzene rings is 2. The molecule has 2 aromatic carbocycles. The van der Waals surface area contributed by atoms with E-state index >= 15 is 0 Å². The van der Waals surface area contributed by atoms with E-state index in [2.05, 4.69) is 23.5 Å². The van der Waals surface area contributed by atoms with Crippen molar-refractivity contribution in [3.05, 3.63) is 75.8 Å². The van der Waals surface area contributed by atoms with Crippen LogP contribution in [-0.2, 0) is 22.4 Å². The molecule has 6 heteroatoms. The van der Waals surface area contributed by atoms with Gasteiger partial charge < -0.3 is 15.2 Å². The second-order valence-corrected chi connectivity index (χ2v) is 7.89. The Morgan fingerprint density at radius 3 is 2.90 bits per heavy atom. The number of hydrogen-bond donors (Lipinski definition) is 2. The highest BCUT2D eigenvalue weighted by Crippen LogP contribution is 2.27. The van der Waals surface area contributed by atoms with E-state index in [9.17, 15) is 9.90 Å². The van der Waals surface area contributed by atoms with Crippen LogP contribution in [0.25, 0.3) is 6.08 Å². The standard InChI is InChI=1S/C24H28ClNO3.ClH/c1-2-29-24(28)11-8-17-6-9-19-10-7-18(13-21(19)12-17)15-26-16-23(27)20-4-3-5-22(25)14-20;/h3-6,8-9,11-12,14,18,23,26-27H,2,7,10,13,15-16H2,1H3;1H. The molecule has 0 fully saturated rings. The SMILES string of the molecule is CCOC(=O)C=Cc1ccc2c(c1)CC(CNCC(O)c1cccc(Cl)c1)CC2.Cl. The summed E-state index contributed by atoms with van der Waals surface area (Å²) in [5.41, 5.74) is 4.57. The second-order valence-electron chi connectivity index (χ2n) is 7.45. The van der Waals surface area contributed by atoms with Crippen LogP contribution in [-0.4, -0.2) is 30.8 Å². The van der Waals surface area contributed by atoms with E-state index < -0.39 is 6.10 Å². The Bertz CT molecular complexity index is 869. The summed E-state index contributed by atoms with van der Waals surface area (Å²) in [4.78, 5) is 11.5. The van der Waals surface area contributed by atoms with Crippen LogP contribution in [0, 0.1) is 5.92 Å². The molecule has 2 N–H and O–H groups in total. The van der Waals surface area contributed by atoms with Crippen molar-refractivity contribution >= 4 is 36.1 Å². The summed E-state index contributed by atoms with van der Waals surface area (Å²) in [5, 5.41) is 14.4. The molecular weight excluding hydrogens is 421 g/mol. The Hall–Kier alpha value is -1.85. The van der Waals surface area contributed by atoms with Gasteiger partial charge >= 0.3 is 5.97 Å². The average molecular weight is 450 g/mol. The molecule has 2 aromatic rings. The van der Waals surface area contributed by atoms with Crippen molar-refractivity contribution in [1.82, 2.24) is 5.32 Å². The Kier molecular flexibility index (Phi) is 9.86. The molecule has 1 aliphatic rings. The molecule has 2 atom stereocenters. The molecule has 0 amide bonds. The van der Waals surface area contributed by atoms with Crippen LogP contribution in [0.15, 0.2) is 48.5 Å². The molecule has 0 saturated carbocycles. The van der Waals surface area contributed by atoms with Gasteiger partial charge in [-0.3, -0.25) is 0 Å². The van der Waals surface area contributed by atoms with Gasteiger partial charge in [-0.05, 0) is 79.1 Å². The molecule has 0 aliphatic heterocycles. The molecule has 0 aromatic heterocycles. The minimum absolute atomic E-state index is 0. The van der Waals surface area contributed by atoms with Crippen LogP contribution in [0.1, 0.15) is 41.7 Å². The fraction of sp³-hybridized carbons (Fsp3) is 0.375. The minimum Gasteiger partial charge on any atom is -0.463 e. The highest BCUT2D eigenvalue weighted by atomic mass is 35.5. The van der Waals surface area contributed by atoms with Gasteiger partial charge in [-0.25, -0.2) is 4.79 Å². The molecule has 0 spiro atoms. The van der Waals surface area contributed by atoms with Crippen molar-refractivity contribution in [2.45, 2.75) is 32.3 Å². The van der Waals surface area contributed by atoms with Gasteiger partial charge in [0, 0.05) is 17.6 Å². The summed E-state index contributed by atoms with van der Waals surface area (Å²) in [6.45, 7) is 3.55. The first-order valence-electron chi connectivity index (χ1n) is 10.2. The fourth-order valence-corrected chi connectivity index (χ4v) is 3.94. The Labute approximate surface area is 189 Å². The van der Waals surface area contributed by atoms with Crippen molar-refractivity contribution in [2.24, 2.45) is 5.92 Å². The van der Waals surface area contributed by atoms with E-state index in [0.717, 1.165) is 36.9 Å². The number of ether oxygens (including phenoxy) is 1. The Morgan fingerprint density at radius 1 is 1.30 bits per heavy atom. The molecule has 0 saturated heterocycles. The van der Waals surface area contributed by atoms with Crippen molar-refractivity contribution < 1.29 is 14.6 Å². The van der Waals surface area contributed by atoms with Gasteiger partial charge in [-0.15, -0.1) is 12.4 Å². The molecule has 2 unspecified atom stereocenters. The lowest BCUT2D eigenvalue weighted by Crippen LogP contribution is -2.30. The first kappa shape index (κ1) is 24.4.